The molecule has 5 aromatic rings. The summed E-state index contributed by atoms with van der Waals surface area (Å²) in [6.45, 7) is 0.618. The summed E-state index contributed by atoms with van der Waals surface area (Å²) >= 11 is 1.16. The highest BCUT2D eigenvalue weighted by Crippen LogP contribution is 2.22. The van der Waals surface area contributed by atoms with Crippen molar-refractivity contribution < 1.29 is 24.3 Å². The van der Waals surface area contributed by atoms with Crippen molar-refractivity contribution in [1.82, 2.24) is 9.88 Å². The number of ether oxygens (including phenoxy) is 1. The van der Waals surface area contributed by atoms with Gasteiger partial charge in [0.2, 0.25) is 5.91 Å². The van der Waals surface area contributed by atoms with Gasteiger partial charge in [0.1, 0.15) is 31.2 Å². The van der Waals surface area contributed by atoms with E-state index in [2.05, 4.69) is 10.5 Å². The van der Waals surface area contributed by atoms with Crippen LogP contribution in [0.4, 0.5) is 0 Å². The minimum absolute atomic E-state index is 0.0879. The first-order valence-corrected chi connectivity index (χ1v) is 14.8. The molecular formula is C34H31N3O6S. The van der Waals surface area contributed by atoms with Crippen LogP contribution in [0.3, 0.4) is 0 Å². The molecule has 0 aliphatic heterocycles. The van der Waals surface area contributed by atoms with Crippen LogP contribution in [0.2, 0.25) is 0 Å². The van der Waals surface area contributed by atoms with Gasteiger partial charge in [-0.1, -0.05) is 95.4 Å². The molecule has 1 heterocycles. The molecule has 1 aromatic heterocycles. The largest absolute Gasteiger partial charge is 0.492 e. The molecule has 1 unspecified atom stereocenters. The summed E-state index contributed by atoms with van der Waals surface area (Å²) in [5, 5.41) is 16.5. The fourth-order valence-corrected chi connectivity index (χ4v) is 5.78. The van der Waals surface area contributed by atoms with Gasteiger partial charge in [-0.2, -0.15) is 0 Å². The number of aromatic nitrogens is 1. The number of rotatable bonds is 13. The SMILES string of the molecule is CO/N=C(\c1ccccc1)c1ccc2c(c1)sc(=O)n2CCOc1ccc(CC(NC(=O)Cc2ccccc2)C(=O)O)cc1. The minimum atomic E-state index is -1.10. The predicted molar refractivity (Wildman–Crippen MR) is 171 cm³/mol. The molecule has 1 amide bonds. The zero-order valence-corrected chi connectivity index (χ0v) is 24.8. The number of thiazole rings is 1. The molecule has 224 valence electrons. The van der Waals surface area contributed by atoms with Crippen molar-refractivity contribution in [3.05, 3.63) is 135 Å². The Kier molecular flexibility index (Phi) is 9.83. The van der Waals surface area contributed by atoms with E-state index in [1.165, 1.54) is 7.11 Å². The number of carbonyl (C=O) groups is 2. The molecule has 4 aromatic carbocycles. The molecule has 0 bridgehead atoms. The van der Waals surface area contributed by atoms with Gasteiger partial charge in [0.15, 0.2) is 0 Å². The second kappa shape index (κ2) is 14.3. The minimum Gasteiger partial charge on any atom is -0.492 e. The third-order valence-electron chi connectivity index (χ3n) is 6.96. The van der Waals surface area contributed by atoms with E-state index in [0.29, 0.717) is 18.0 Å². The van der Waals surface area contributed by atoms with Crippen LogP contribution in [0.1, 0.15) is 22.3 Å². The fraction of sp³-hybridized carbons (Fsp3) is 0.176. The lowest BCUT2D eigenvalue weighted by Gasteiger charge is -2.15. The Morgan fingerprint density at radius 2 is 1.61 bits per heavy atom. The maximum atomic E-state index is 12.8. The Hall–Kier alpha value is -5.22. The van der Waals surface area contributed by atoms with Gasteiger partial charge in [-0.25, -0.2) is 4.79 Å². The number of carboxylic acids is 1. The fourth-order valence-electron chi connectivity index (χ4n) is 4.82. The average molecular weight is 610 g/mol. The van der Waals surface area contributed by atoms with Gasteiger partial charge < -0.3 is 20.0 Å². The quantitative estimate of drug-likeness (QED) is 0.145. The number of oxime groups is 1. The molecule has 0 spiro atoms. The molecule has 0 saturated heterocycles. The van der Waals surface area contributed by atoms with Crippen LogP contribution in [-0.2, 0) is 33.8 Å². The molecule has 1 atom stereocenters. The predicted octanol–water partition coefficient (Wildman–Crippen LogP) is 4.90. The van der Waals surface area contributed by atoms with Crippen molar-refractivity contribution in [1.29, 1.82) is 0 Å². The zero-order chi connectivity index (χ0) is 30.9. The summed E-state index contributed by atoms with van der Waals surface area (Å²) in [6, 6.07) is 30.6. The molecule has 0 aliphatic rings. The highest BCUT2D eigenvalue weighted by atomic mass is 32.1. The Bertz CT molecular complexity index is 1820. The third-order valence-corrected chi connectivity index (χ3v) is 7.90. The summed E-state index contributed by atoms with van der Waals surface area (Å²) in [6.07, 6.45) is 0.243. The molecule has 0 saturated carbocycles. The van der Waals surface area contributed by atoms with Gasteiger partial charge >= 0.3 is 10.8 Å². The van der Waals surface area contributed by atoms with Crippen molar-refractivity contribution in [3.8, 4) is 5.75 Å². The van der Waals surface area contributed by atoms with E-state index < -0.39 is 12.0 Å². The monoisotopic (exact) mass is 609 g/mol. The van der Waals surface area contributed by atoms with Crippen molar-refractivity contribution in [2.45, 2.75) is 25.4 Å². The standard InChI is InChI=1S/C34H31N3O6S/c1-42-36-32(25-10-6-3-7-11-25)26-14-17-29-30(22-26)44-34(41)37(29)18-19-43-27-15-12-24(13-16-27)20-28(33(39)40)35-31(38)21-23-8-4-2-5-9-23/h2-17,22,28H,18-21H2,1H3,(H,35,38)(H,39,40)/b36-32+. The third kappa shape index (κ3) is 7.59. The van der Waals surface area contributed by atoms with Crippen LogP contribution in [0.5, 0.6) is 5.75 Å². The molecule has 9 nitrogen and oxygen atoms in total. The van der Waals surface area contributed by atoms with Gasteiger partial charge in [0, 0.05) is 17.5 Å². The molecule has 2 N–H and O–H groups in total. The van der Waals surface area contributed by atoms with Crippen LogP contribution in [0, 0.1) is 0 Å². The topological polar surface area (TPSA) is 119 Å². The lowest BCUT2D eigenvalue weighted by molar-refractivity contribution is -0.141. The summed E-state index contributed by atoms with van der Waals surface area (Å²) in [4.78, 5) is 42.0. The van der Waals surface area contributed by atoms with E-state index in [1.54, 1.807) is 28.8 Å². The van der Waals surface area contributed by atoms with Crippen molar-refractivity contribution in [2.24, 2.45) is 5.16 Å². The van der Waals surface area contributed by atoms with Crippen LogP contribution < -0.4 is 14.9 Å². The average Bonchev–Trinajstić information content (AvgIpc) is 3.35. The maximum absolute atomic E-state index is 12.8. The lowest BCUT2D eigenvalue weighted by atomic mass is 10.0. The van der Waals surface area contributed by atoms with Crippen LogP contribution >= 0.6 is 11.3 Å². The Morgan fingerprint density at radius 3 is 2.30 bits per heavy atom. The lowest BCUT2D eigenvalue weighted by Crippen LogP contribution is -2.43. The number of nitrogens with zero attached hydrogens (tertiary/aromatic N) is 2. The summed E-state index contributed by atoms with van der Waals surface area (Å²) in [5.74, 6) is -0.864. The van der Waals surface area contributed by atoms with Gasteiger partial charge in [0.25, 0.3) is 0 Å². The summed E-state index contributed by atoms with van der Waals surface area (Å²) in [5.41, 5.74) is 4.79. The molecule has 5 rings (SSSR count). The van der Waals surface area contributed by atoms with E-state index in [0.717, 1.165) is 43.8 Å². The van der Waals surface area contributed by atoms with Crippen LogP contribution in [0.15, 0.2) is 113 Å². The van der Waals surface area contributed by atoms with E-state index >= 15 is 0 Å². The first kappa shape index (κ1) is 30.2. The number of amides is 1. The van der Waals surface area contributed by atoms with E-state index in [1.807, 2.05) is 78.9 Å². The van der Waals surface area contributed by atoms with Gasteiger partial charge in [-0.05, 0) is 35.4 Å². The molecule has 0 radical (unpaired) electrons. The molecule has 44 heavy (non-hydrogen) atoms. The Balaban J connectivity index is 1.19. The van der Waals surface area contributed by atoms with E-state index in [9.17, 15) is 19.5 Å². The molecule has 0 fully saturated rings. The number of aliphatic carboxylic acids is 1. The van der Waals surface area contributed by atoms with Crippen molar-refractivity contribution in [2.75, 3.05) is 13.7 Å². The smallest absolute Gasteiger partial charge is 0.326 e. The number of benzene rings is 4. The van der Waals surface area contributed by atoms with Crippen LogP contribution in [-0.4, -0.2) is 47.0 Å². The molecule has 10 heteroatoms. The van der Waals surface area contributed by atoms with Crippen molar-refractivity contribution >= 4 is 39.1 Å². The Labute approximate surface area is 258 Å². The second-order valence-corrected chi connectivity index (χ2v) is 11.0. The Morgan fingerprint density at radius 1 is 0.909 bits per heavy atom. The first-order valence-electron chi connectivity index (χ1n) is 14.0. The number of fused-ring (bicyclic) bond motifs is 1. The summed E-state index contributed by atoms with van der Waals surface area (Å²) in [7, 11) is 1.50. The van der Waals surface area contributed by atoms with Gasteiger partial charge in [-0.15, -0.1) is 0 Å². The van der Waals surface area contributed by atoms with Crippen LogP contribution in [0.25, 0.3) is 10.2 Å². The van der Waals surface area contributed by atoms with Gasteiger partial charge in [0.05, 0.1) is 23.2 Å². The second-order valence-electron chi connectivity index (χ2n) is 10.0. The number of carboxylic acid groups (broad SMARTS) is 1. The zero-order valence-electron chi connectivity index (χ0n) is 24.0. The highest BCUT2D eigenvalue weighted by molar-refractivity contribution is 7.16. The van der Waals surface area contributed by atoms with E-state index in [4.69, 9.17) is 9.57 Å². The van der Waals surface area contributed by atoms with Crippen molar-refractivity contribution in [3.63, 3.8) is 0 Å². The number of hydrogen-bond donors (Lipinski definition) is 2. The number of carbonyl (C=O) groups excluding carboxylic acids is 1. The highest BCUT2D eigenvalue weighted by Gasteiger charge is 2.20. The first-order chi connectivity index (χ1) is 21.4. The number of nitrogens with one attached hydrogen (secondary N) is 1. The maximum Gasteiger partial charge on any atom is 0.326 e. The van der Waals surface area contributed by atoms with E-state index in [-0.39, 0.29) is 30.2 Å². The number of hydrogen-bond acceptors (Lipinski definition) is 7. The molecular weight excluding hydrogens is 578 g/mol. The molecule has 0 aliphatic carbocycles. The normalized spacial score (nSPS) is 12.1. The van der Waals surface area contributed by atoms with Gasteiger partial charge in [-0.3, -0.25) is 14.2 Å². The summed E-state index contributed by atoms with van der Waals surface area (Å²) < 4.78 is 8.41.